The van der Waals surface area contributed by atoms with E-state index in [4.69, 9.17) is 16.3 Å². The Morgan fingerprint density at radius 3 is 2.46 bits per heavy atom. The van der Waals surface area contributed by atoms with Gasteiger partial charge in [-0.15, -0.1) is 0 Å². The molecule has 0 saturated heterocycles. The van der Waals surface area contributed by atoms with Crippen molar-refractivity contribution in [3.8, 4) is 5.69 Å². The summed E-state index contributed by atoms with van der Waals surface area (Å²) in [7, 11) is 0. The van der Waals surface area contributed by atoms with Crippen LogP contribution in [0.4, 0.5) is 4.39 Å². The van der Waals surface area contributed by atoms with E-state index in [0.717, 1.165) is 0 Å². The Kier molecular flexibility index (Phi) is 5.14. The maximum Gasteiger partial charge on any atom is 0.343 e. The number of ether oxygens (including phenoxy) is 1. The van der Waals surface area contributed by atoms with Crippen molar-refractivity contribution in [1.82, 2.24) is 9.78 Å². The van der Waals surface area contributed by atoms with Crippen LogP contribution < -0.4 is 0 Å². The highest BCUT2D eigenvalue weighted by Gasteiger charge is 2.23. The SMILES string of the molecule is Cc1nn(-c2ccccc2)c(Cl)c1C(=O)OCC(=O)c1ccccc1F. The maximum absolute atomic E-state index is 13.6. The lowest BCUT2D eigenvalue weighted by Gasteiger charge is -2.05. The Morgan fingerprint density at radius 2 is 1.77 bits per heavy atom. The van der Waals surface area contributed by atoms with Gasteiger partial charge < -0.3 is 4.74 Å². The van der Waals surface area contributed by atoms with E-state index in [1.807, 2.05) is 18.2 Å². The lowest BCUT2D eigenvalue weighted by Crippen LogP contribution is -2.16. The number of carbonyl (C=O) groups is 2. The molecule has 0 aliphatic carbocycles. The van der Waals surface area contributed by atoms with Gasteiger partial charge in [0.05, 0.1) is 16.9 Å². The van der Waals surface area contributed by atoms with E-state index in [2.05, 4.69) is 5.10 Å². The predicted octanol–water partition coefficient (Wildman–Crippen LogP) is 4.01. The fraction of sp³-hybridized carbons (Fsp3) is 0.105. The summed E-state index contributed by atoms with van der Waals surface area (Å²) in [5, 5.41) is 4.32. The highest BCUT2D eigenvalue weighted by Crippen LogP contribution is 2.24. The molecular weight excluding hydrogens is 359 g/mol. The number of aromatic nitrogens is 2. The van der Waals surface area contributed by atoms with E-state index in [1.54, 1.807) is 19.1 Å². The Morgan fingerprint density at radius 1 is 1.12 bits per heavy atom. The molecule has 0 fully saturated rings. The molecule has 7 heteroatoms. The average Bonchev–Trinajstić information content (AvgIpc) is 2.95. The largest absolute Gasteiger partial charge is 0.454 e. The number of nitrogens with zero attached hydrogens (tertiary/aromatic N) is 2. The number of hydrogen-bond acceptors (Lipinski definition) is 4. The summed E-state index contributed by atoms with van der Waals surface area (Å²) in [4.78, 5) is 24.4. The standard InChI is InChI=1S/C19H14ClFN2O3/c1-12-17(18(20)23(22-12)13-7-3-2-4-8-13)19(25)26-11-16(24)14-9-5-6-10-15(14)21/h2-10H,11H2,1H3. The van der Waals surface area contributed by atoms with Crippen LogP contribution in [0.3, 0.4) is 0 Å². The summed E-state index contributed by atoms with van der Waals surface area (Å²) in [6.45, 7) is 1.02. The predicted molar refractivity (Wildman–Crippen MR) is 94.3 cm³/mol. The van der Waals surface area contributed by atoms with Crippen LogP contribution in [0.2, 0.25) is 5.15 Å². The summed E-state index contributed by atoms with van der Waals surface area (Å²) in [6.07, 6.45) is 0. The molecule has 132 valence electrons. The number of ketones is 1. The molecule has 0 aliphatic rings. The maximum atomic E-state index is 13.6. The highest BCUT2D eigenvalue weighted by atomic mass is 35.5. The molecule has 0 amide bonds. The van der Waals surface area contributed by atoms with Gasteiger partial charge in [-0.3, -0.25) is 4.79 Å². The molecule has 1 heterocycles. The minimum Gasteiger partial charge on any atom is -0.454 e. The Balaban J connectivity index is 1.78. The van der Waals surface area contributed by atoms with E-state index in [9.17, 15) is 14.0 Å². The van der Waals surface area contributed by atoms with Gasteiger partial charge in [-0.1, -0.05) is 41.9 Å². The zero-order chi connectivity index (χ0) is 18.7. The van der Waals surface area contributed by atoms with Crippen molar-refractivity contribution in [1.29, 1.82) is 0 Å². The molecule has 0 spiro atoms. The molecule has 1 aromatic heterocycles. The number of carbonyl (C=O) groups excluding carboxylic acids is 2. The number of benzene rings is 2. The summed E-state index contributed by atoms with van der Waals surface area (Å²) < 4.78 is 20.0. The van der Waals surface area contributed by atoms with Crippen LogP contribution in [0.5, 0.6) is 0 Å². The van der Waals surface area contributed by atoms with Crippen molar-refractivity contribution < 1.29 is 18.7 Å². The Hall–Kier alpha value is -2.99. The zero-order valence-corrected chi connectivity index (χ0v) is 14.5. The minimum absolute atomic E-state index is 0.0665. The Labute approximate surface area is 154 Å². The second-order valence-corrected chi connectivity index (χ2v) is 5.84. The first-order chi connectivity index (χ1) is 12.5. The molecule has 3 rings (SSSR count). The van der Waals surface area contributed by atoms with Crippen LogP contribution >= 0.6 is 11.6 Å². The second kappa shape index (κ2) is 7.49. The van der Waals surface area contributed by atoms with Crippen molar-refractivity contribution >= 4 is 23.4 Å². The van der Waals surface area contributed by atoms with Gasteiger partial charge >= 0.3 is 5.97 Å². The molecule has 0 saturated carbocycles. The van der Waals surface area contributed by atoms with Gasteiger partial charge in [0.25, 0.3) is 0 Å². The van der Waals surface area contributed by atoms with Crippen LogP contribution in [0.1, 0.15) is 26.4 Å². The van der Waals surface area contributed by atoms with Gasteiger partial charge in [0, 0.05) is 0 Å². The van der Waals surface area contributed by atoms with E-state index in [1.165, 1.54) is 28.9 Å². The number of halogens is 2. The average molecular weight is 373 g/mol. The van der Waals surface area contributed by atoms with Crippen molar-refractivity contribution in [2.24, 2.45) is 0 Å². The fourth-order valence-corrected chi connectivity index (χ4v) is 2.79. The van der Waals surface area contributed by atoms with Crippen LogP contribution in [0.25, 0.3) is 5.69 Å². The van der Waals surface area contributed by atoms with Crippen molar-refractivity contribution in [2.45, 2.75) is 6.92 Å². The number of Topliss-reactive ketones (excluding diaryl/α,β-unsaturated/α-hetero) is 1. The number of hydrogen-bond donors (Lipinski definition) is 0. The molecule has 26 heavy (non-hydrogen) atoms. The summed E-state index contributed by atoms with van der Waals surface area (Å²) in [6, 6.07) is 14.5. The lowest BCUT2D eigenvalue weighted by atomic mass is 10.1. The van der Waals surface area contributed by atoms with Gasteiger partial charge in [-0.05, 0) is 31.2 Å². The fourth-order valence-electron chi connectivity index (χ4n) is 2.44. The van der Waals surface area contributed by atoms with Gasteiger partial charge in [0.1, 0.15) is 16.5 Å². The third kappa shape index (κ3) is 3.50. The molecule has 0 aliphatic heterocycles. The van der Waals surface area contributed by atoms with Crippen LogP contribution in [0.15, 0.2) is 54.6 Å². The molecule has 0 radical (unpaired) electrons. The number of esters is 1. The lowest BCUT2D eigenvalue weighted by molar-refractivity contribution is 0.0473. The Bertz CT molecular complexity index is 970. The molecule has 3 aromatic rings. The zero-order valence-electron chi connectivity index (χ0n) is 13.8. The first-order valence-electron chi connectivity index (χ1n) is 7.74. The van der Waals surface area contributed by atoms with E-state index >= 15 is 0 Å². The third-order valence-corrected chi connectivity index (χ3v) is 4.07. The highest BCUT2D eigenvalue weighted by molar-refractivity contribution is 6.33. The van der Waals surface area contributed by atoms with Crippen LogP contribution in [-0.2, 0) is 4.74 Å². The van der Waals surface area contributed by atoms with Crippen molar-refractivity contribution in [2.75, 3.05) is 6.61 Å². The smallest absolute Gasteiger partial charge is 0.343 e. The summed E-state index contributed by atoms with van der Waals surface area (Å²) in [5.74, 6) is -2.10. The topological polar surface area (TPSA) is 61.2 Å². The number of rotatable bonds is 5. The summed E-state index contributed by atoms with van der Waals surface area (Å²) in [5.41, 5.74) is 0.976. The molecular formula is C19H14ClFN2O3. The van der Waals surface area contributed by atoms with E-state index in [-0.39, 0.29) is 16.3 Å². The minimum atomic E-state index is -0.792. The molecule has 5 nitrogen and oxygen atoms in total. The second-order valence-electron chi connectivity index (χ2n) is 5.48. The van der Waals surface area contributed by atoms with Crippen LogP contribution in [0, 0.1) is 12.7 Å². The van der Waals surface area contributed by atoms with Gasteiger partial charge in [0.2, 0.25) is 5.78 Å². The van der Waals surface area contributed by atoms with E-state index in [0.29, 0.717) is 11.4 Å². The molecule has 0 bridgehead atoms. The first-order valence-corrected chi connectivity index (χ1v) is 8.12. The summed E-state index contributed by atoms with van der Waals surface area (Å²) >= 11 is 6.27. The third-order valence-electron chi connectivity index (χ3n) is 3.72. The molecule has 0 atom stereocenters. The van der Waals surface area contributed by atoms with Crippen molar-refractivity contribution in [3.05, 3.63) is 82.4 Å². The monoisotopic (exact) mass is 372 g/mol. The number of aryl methyl sites for hydroxylation is 1. The van der Waals surface area contributed by atoms with Crippen molar-refractivity contribution in [3.63, 3.8) is 0 Å². The molecule has 0 unspecified atom stereocenters. The van der Waals surface area contributed by atoms with Gasteiger partial charge in [-0.2, -0.15) is 5.10 Å². The quantitative estimate of drug-likeness (QED) is 0.501. The van der Waals surface area contributed by atoms with E-state index < -0.39 is 24.2 Å². The molecule has 2 aromatic carbocycles. The van der Waals surface area contributed by atoms with Crippen LogP contribution in [-0.4, -0.2) is 28.1 Å². The molecule has 0 N–H and O–H groups in total. The van der Waals surface area contributed by atoms with Gasteiger partial charge in [0.15, 0.2) is 6.61 Å². The normalized spacial score (nSPS) is 10.6. The first kappa shape index (κ1) is 17.8. The van der Waals surface area contributed by atoms with Gasteiger partial charge in [-0.25, -0.2) is 13.9 Å². The number of para-hydroxylation sites is 1.